The quantitative estimate of drug-likeness (QED) is 0.838. The third-order valence-corrected chi connectivity index (χ3v) is 4.28. The van der Waals surface area contributed by atoms with Crippen LogP contribution in [0.3, 0.4) is 0 Å². The molecule has 1 atom stereocenters. The van der Waals surface area contributed by atoms with Gasteiger partial charge in [0.15, 0.2) is 0 Å². The molecule has 0 spiro atoms. The second kappa shape index (κ2) is 5.68. The maximum atomic E-state index is 5.34. The van der Waals surface area contributed by atoms with Crippen molar-refractivity contribution in [3.8, 4) is 5.75 Å². The third-order valence-electron chi connectivity index (χ3n) is 4.28. The van der Waals surface area contributed by atoms with Crippen molar-refractivity contribution in [3.63, 3.8) is 0 Å². The SMILES string of the molecule is COc1ccc2c(c1)CN(C(C)c1ccccc1)CC2. The summed E-state index contributed by atoms with van der Waals surface area (Å²) in [6, 6.07) is 17.6. The number of hydrogen-bond acceptors (Lipinski definition) is 2. The summed E-state index contributed by atoms with van der Waals surface area (Å²) in [5.41, 5.74) is 4.25. The molecule has 2 aromatic carbocycles. The Balaban J connectivity index is 1.81. The lowest BCUT2D eigenvalue weighted by atomic mass is 9.96. The molecule has 0 radical (unpaired) electrons. The lowest BCUT2D eigenvalue weighted by Crippen LogP contribution is -2.32. The van der Waals surface area contributed by atoms with Crippen molar-refractivity contribution in [2.75, 3.05) is 13.7 Å². The lowest BCUT2D eigenvalue weighted by Gasteiger charge is -2.34. The van der Waals surface area contributed by atoms with E-state index in [1.165, 1.54) is 16.7 Å². The summed E-state index contributed by atoms with van der Waals surface area (Å²) in [5.74, 6) is 0.956. The van der Waals surface area contributed by atoms with Gasteiger partial charge < -0.3 is 4.74 Å². The van der Waals surface area contributed by atoms with Crippen molar-refractivity contribution in [3.05, 3.63) is 65.2 Å². The Bertz CT molecular complexity index is 579. The van der Waals surface area contributed by atoms with Crippen molar-refractivity contribution in [1.82, 2.24) is 4.90 Å². The summed E-state index contributed by atoms with van der Waals surface area (Å²) in [6.07, 6.45) is 1.12. The van der Waals surface area contributed by atoms with E-state index in [-0.39, 0.29) is 0 Å². The van der Waals surface area contributed by atoms with Gasteiger partial charge in [0.1, 0.15) is 5.75 Å². The molecule has 0 saturated carbocycles. The predicted molar refractivity (Wildman–Crippen MR) is 82.0 cm³/mol. The molecule has 0 N–H and O–H groups in total. The first-order valence-electron chi connectivity index (χ1n) is 7.22. The topological polar surface area (TPSA) is 12.5 Å². The first-order chi connectivity index (χ1) is 9.78. The molecule has 1 aliphatic rings. The standard InChI is InChI=1S/C18H21NO/c1-14(15-6-4-3-5-7-15)19-11-10-16-8-9-18(20-2)12-17(16)13-19/h3-9,12,14H,10-11,13H2,1-2H3. The van der Waals surface area contributed by atoms with Crippen LogP contribution in [0.25, 0.3) is 0 Å². The zero-order chi connectivity index (χ0) is 13.9. The van der Waals surface area contributed by atoms with E-state index in [9.17, 15) is 0 Å². The van der Waals surface area contributed by atoms with Gasteiger partial charge in [-0.2, -0.15) is 0 Å². The summed E-state index contributed by atoms with van der Waals surface area (Å²) in [4.78, 5) is 2.54. The van der Waals surface area contributed by atoms with Gasteiger partial charge in [0.05, 0.1) is 7.11 Å². The summed E-state index contributed by atoms with van der Waals surface area (Å²) in [6.45, 7) is 4.42. The van der Waals surface area contributed by atoms with E-state index in [2.05, 4.69) is 60.4 Å². The molecule has 1 aliphatic heterocycles. The van der Waals surface area contributed by atoms with Crippen LogP contribution in [0.1, 0.15) is 29.7 Å². The number of benzene rings is 2. The van der Waals surface area contributed by atoms with E-state index >= 15 is 0 Å². The van der Waals surface area contributed by atoms with Gasteiger partial charge in [0.2, 0.25) is 0 Å². The highest BCUT2D eigenvalue weighted by molar-refractivity contribution is 5.37. The molecule has 2 heteroatoms. The molecule has 0 aliphatic carbocycles. The minimum absolute atomic E-state index is 0.454. The van der Waals surface area contributed by atoms with E-state index in [4.69, 9.17) is 4.74 Å². The fourth-order valence-corrected chi connectivity index (χ4v) is 2.96. The summed E-state index contributed by atoms with van der Waals surface area (Å²) < 4.78 is 5.34. The van der Waals surface area contributed by atoms with Crippen LogP contribution in [0.2, 0.25) is 0 Å². The van der Waals surface area contributed by atoms with Gasteiger partial charge in [-0.3, -0.25) is 4.90 Å². The van der Waals surface area contributed by atoms with Crippen LogP contribution in [0.4, 0.5) is 0 Å². The van der Waals surface area contributed by atoms with Gasteiger partial charge in [-0.05, 0) is 42.2 Å². The summed E-state index contributed by atoms with van der Waals surface area (Å²) in [7, 11) is 1.73. The van der Waals surface area contributed by atoms with Crippen LogP contribution in [0.15, 0.2) is 48.5 Å². The molecule has 0 fully saturated rings. The molecule has 1 unspecified atom stereocenters. The largest absolute Gasteiger partial charge is 0.497 e. The number of nitrogens with zero attached hydrogens (tertiary/aromatic N) is 1. The normalized spacial score (nSPS) is 16.5. The second-order valence-electron chi connectivity index (χ2n) is 5.44. The zero-order valence-electron chi connectivity index (χ0n) is 12.2. The Hall–Kier alpha value is -1.80. The fraction of sp³-hybridized carbons (Fsp3) is 0.333. The smallest absolute Gasteiger partial charge is 0.119 e. The molecule has 1 heterocycles. The lowest BCUT2D eigenvalue weighted by molar-refractivity contribution is 0.192. The van der Waals surface area contributed by atoms with Crippen LogP contribution in [0.5, 0.6) is 5.75 Å². The van der Waals surface area contributed by atoms with E-state index < -0.39 is 0 Å². The van der Waals surface area contributed by atoms with Gasteiger partial charge >= 0.3 is 0 Å². The Morgan fingerprint density at radius 2 is 1.85 bits per heavy atom. The Morgan fingerprint density at radius 3 is 2.60 bits per heavy atom. The van der Waals surface area contributed by atoms with E-state index in [1.807, 2.05) is 0 Å². The van der Waals surface area contributed by atoms with Crippen LogP contribution >= 0.6 is 0 Å². The Kier molecular flexibility index (Phi) is 3.75. The van der Waals surface area contributed by atoms with Crippen molar-refractivity contribution in [2.45, 2.75) is 25.9 Å². The van der Waals surface area contributed by atoms with Crippen molar-refractivity contribution >= 4 is 0 Å². The molecular formula is C18H21NO. The molecule has 20 heavy (non-hydrogen) atoms. The predicted octanol–water partition coefficient (Wildman–Crippen LogP) is 3.81. The summed E-state index contributed by atoms with van der Waals surface area (Å²) in [5, 5.41) is 0. The van der Waals surface area contributed by atoms with Gasteiger partial charge in [0.25, 0.3) is 0 Å². The van der Waals surface area contributed by atoms with E-state index in [0.29, 0.717) is 6.04 Å². The van der Waals surface area contributed by atoms with E-state index in [0.717, 1.165) is 25.3 Å². The molecule has 0 amide bonds. The van der Waals surface area contributed by atoms with Crippen LogP contribution < -0.4 is 4.74 Å². The Labute approximate surface area is 121 Å². The second-order valence-corrected chi connectivity index (χ2v) is 5.44. The maximum absolute atomic E-state index is 5.34. The van der Waals surface area contributed by atoms with Crippen LogP contribution in [0, 0.1) is 0 Å². The first kappa shape index (κ1) is 13.2. The van der Waals surface area contributed by atoms with Crippen LogP contribution in [-0.2, 0) is 13.0 Å². The summed E-state index contributed by atoms with van der Waals surface area (Å²) >= 11 is 0. The highest BCUT2D eigenvalue weighted by Gasteiger charge is 2.21. The van der Waals surface area contributed by atoms with Crippen LogP contribution in [-0.4, -0.2) is 18.6 Å². The zero-order valence-corrected chi connectivity index (χ0v) is 12.2. The van der Waals surface area contributed by atoms with Crippen molar-refractivity contribution < 1.29 is 4.74 Å². The van der Waals surface area contributed by atoms with Gasteiger partial charge in [-0.1, -0.05) is 36.4 Å². The molecule has 3 rings (SSSR count). The average molecular weight is 267 g/mol. The maximum Gasteiger partial charge on any atom is 0.119 e. The molecular weight excluding hydrogens is 246 g/mol. The third kappa shape index (κ3) is 2.56. The van der Waals surface area contributed by atoms with Gasteiger partial charge in [-0.25, -0.2) is 0 Å². The van der Waals surface area contributed by atoms with Gasteiger partial charge in [-0.15, -0.1) is 0 Å². The fourth-order valence-electron chi connectivity index (χ4n) is 2.96. The Morgan fingerprint density at radius 1 is 1.05 bits per heavy atom. The number of ether oxygens (including phenoxy) is 1. The number of methoxy groups -OCH3 is 1. The highest BCUT2D eigenvalue weighted by Crippen LogP contribution is 2.29. The molecule has 0 saturated heterocycles. The molecule has 2 nitrogen and oxygen atoms in total. The highest BCUT2D eigenvalue weighted by atomic mass is 16.5. The molecule has 2 aromatic rings. The number of rotatable bonds is 3. The van der Waals surface area contributed by atoms with Gasteiger partial charge in [0, 0.05) is 19.1 Å². The monoisotopic (exact) mass is 267 g/mol. The molecule has 0 aromatic heterocycles. The van der Waals surface area contributed by atoms with E-state index in [1.54, 1.807) is 7.11 Å². The number of fused-ring (bicyclic) bond motifs is 1. The number of hydrogen-bond donors (Lipinski definition) is 0. The first-order valence-corrected chi connectivity index (χ1v) is 7.22. The minimum Gasteiger partial charge on any atom is -0.497 e. The van der Waals surface area contributed by atoms with Crippen molar-refractivity contribution in [1.29, 1.82) is 0 Å². The van der Waals surface area contributed by atoms with Crippen molar-refractivity contribution in [2.24, 2.45) is 0 Å². The molecule has 0 bridgehead atoms. The molecule has 104 valence electrons. The minimum atomic E-state index is 0.454. The average Bonchev–Trinajstić information content (AvgIpc) is 2.54.